The van der Waals surface area contributed by atoms with Crippen molar-refractivity contribution in [2.45, 2.75) is 18.0 Å². The Morgan fingerprint density at radius 1 is 0.735 bits per heavy atom. The molecule has 168 valence electrons. The summed E-state index contributed by atoms with van der Waals surface area (Å²) in [7, 11) is 0. The van der Waals surface area contributed by atoms with Crippen LogP contribution in [-0.2, 0) is 16.8 Å². The van der Waals surface area contributed by atoms with Gasteiger partial charge in [0.1, 0.15) is 11.6 Å². The van der Waals surface area contributed by atoms with Crippen LogP contribution in [-0.4, -0.2) is 21.7 Å². The Labute approximate surface area is 198 Å². The summed E-state index contributed by atoms with van der Waals surface area (Å²) in [5.74, 6) is -1.00. The Morgan fingerprint density at radius 3 is 1.65 bits per heavy atom. The molecule has 4 heteroatoms. The summed E-state index contributed by atoms with van der Waals surface area (Å²) in [6.07, 6.45) is 2.33. The van der Waals surface area contributed by atoms with Gasteiger partial charge in [0, 0.05) is 23.5 Å². The zero-order valence-corrected chi connectivity index (χ0v) is 18.7. The zero-order chi connectivity index (χ0) is 23.5. The van der Waals surface area contributed by atoms with E-state index < -0.39 is 17.6 Å². The van der Waals surface area contributed by atoms with Crippen LogP contribution in [0.1, 0.15) is 22.3 Å². The van der Waals surface area contributed by atoms with Crippen LogP contribution >= 0.6 is 0 Å². The molecular weight excluding hydrogens is 420 g/mol. The van der Waals surface area contributed by atoms with Crippen LogP contribution in [0, 0.1) is 0 Å². The summed E-state index contributed by atoms with van der Waals surface area (Å²) in [5, 5.41) is 10.5. The maximum absolute atomic E-state index is 11.6. The first kappa shape index (κ1) is 21.7. The van der Waals surface area contributed by atoms with E-state index in [2.05, 4.69) is 89.6 Å². The molecule has 1 atom stereocenters. The van der Waals surface area contributed by atoms with Gasteiger partial charge in [-0.1, -0.05) is 109 Å². The molecule has 4 aromatic carbocycles. The molecule has 0 aliphatic rings. The van der Waals surface area contributed by atoms with E-state index in [9.17, 15) is 9.90 Å². The minimum atomic E-state index is -1.00. The highest BCUT2D eigenvalue weighted by molar-refractivity contribution is 5.86. The number of hydrogen-bond acceptors (Lipinski definition) is 2. The zero-order valence-electron chi connectivity index (χ0n) is 18.7. The van der Waals surface area contributed by atoms with Gasteiger partial charge in [-0.3, -0.25) is 4.79 Å². The lowest BCUT2D eigenvalue weighted by atomic mass is 9.76. The Balaban J connectivity index is 1.90. The summed E-state index contributed by atoms with van der Waals surface area (Å²) < 4.78 is 2.28. The normalized spacial score (nSPS) is 12.5. The highest BCUT2D eigenvalue weighted by Gasteiger charge is 2.39. The van der Waals surface area contributed by atoms with E-state index in [0.29, 0.717) is 0 Å². The quantitative estimate of drug-likeness (QED) is 0.327. The first-order valence-electron chi connectivity index (χ1n) is 11.4. The van der Waals surface area contributed by atoms with Crippen LogP contribution in [0.5, 0.6) is 0 Å². The number of carbonyl (C=O) groups is 1. The summed E-state index contributed by atoms with van der Waals surface area (Å²) in [6.45, 7) is 0. The molecule has 1 heterocycles. The third-order valence-corrected chi connectivity index (χ3v) is 6.49. The van der Waals surface area contributed by atoms with E-state index in [1.807, 2.05) is 36.4 Å². The second-order valence-corrected chi connectivity index (χ2v) is 8.50. The van der Waals surface area contributed by atoms with E-state index in [-0.39, 0.29) is 6.42 Å². The van der Waals surface area contributed by atoms with Gasteiger partial charge >= 0.3 is 5.97 Å². The largest absolute Gasteiger partial charge is 0.480 e. The van der Waals surface area contributed by atoms with Crippen molar-refractivity contribution in [2.24, 2.45) is 5.73 Å². The second-order valence-electron chi connectivity index (χ2n) is 8.50. The molecule has 0 saturated carbocycles. The van der Waals surface area contributed by atoms with Crippen LogP contribution in [0.2, 0.25) is 0 Å². The average molecular weight is 447 g/mol. The van der Waals surface area contributed by atoms with E-state index in [0.717, 1.165) is 33.2 Å². The number of para-hydroxylation sites is 1. The molecule has 0 aliphatic carbocycles. The molecule has 0 saturated heterocycles. The number of hydrogen-bond donors (Lipinski definition) is 2. The number of nitrogens with two attached hydrogens (primary N) is 1. The summed E-state index contributed by atoms with van der Waals surface area (Å²) in [4.78, 5) is 11.6. The molecule has 0 bridgehead atoms. The molecule has 1 aromatic heterocycles. The fourth-order valence-electron chi connectivity index (χ4n) is 4.97. The van der Waals surface area contributed by atoms with Gasteiger partial charge in [0.15, 0.2) is 0 Å². The van der Waals surface area contributed by atoms with Crippen molar-refractivity contribution in [1.82, 2.24) is 4.57 Å². The summed E-state index contributed by atoms with van der Waals surface area (Å²) in [5.41, 5.74) is 10.6. The van der Waals surface area contributed by atoms with E-state index >= 15 is 0 Å². The number of nitrogens with zero attached hydrogens (tertiary/aromatic N) is 1. The lowest BCUT2D eigenvalue weighted by molar-refractivity contribution is -0.138. The standard InChI is InChI=1S/C30H26N2O2/c31-27(29(33)34)20-22-21-32(28-19-11-10-18-26(22)28)30(23-12-4-1-5-13-23,24-14-6-2-7-15-24)25-16-8-3-9-17-25/h1-19,21,27H,20,31H2,(H,33,34)/t27-/m0/s1. The molecular formula is C30H26N2O2. The Kier molecular flexibility index (Phi) is 5.74. The van der Waals surface area contributed by atoms with Crippen molar-refractivity contribution in [3.63, 3.8) is 0 Å². The highest BCUT2D eigenvalue weighted by Crippen LogP contribution is 2.43. The van der Waals surface area contributed by atoms with Gasteiger partial charge in [-0.15, -0.1) is 0 Å². The molecule has 5 aromatic rings. The third-order valence-electron chi connectivity index (χ3n) is 6.49. The van der Waals surface area contributed by atoms with Gasteiger partial charge in [-0.2, -0.15) is 0 Å². The van der Waals surface area contributed by atoms with E-state index in [1.165, 1.54) is 0 Å². The fourth-order valence-corrected chi connectivity index (χ4v) is 4.97. The van der Waals surface area contributed by atoms with Crippen molar-refractivity contribution in [1.29, 1.82) is 0 Å². The molecule has 0 spiro atoms. The lowest BCUT2D eigenvalue weighted by Gasteiger charge is -2.38. The number of benzene rings is 4. The highest BCUT2D eigenvalue weighted by atomic mass is 16.4. The maximum Gasteiger partial charge on any atom is 0.320 e. The molecule has 0 fully saturated rings. The van der Waals surface area contributed by atoms with Crippen molar-refractivity contribution in [2.75, 3.05) is 0 Å². The molecule has 0 amide bonds. The molecule has 0 radical (unpaired) electrons. The predicted octanol–water partition coefficient (Wildman–Crippen LogP) is 5.44. The van der Waals surface area contributed by atoms with Gasteiger partial charge in [-0.05, 0) is 28.3 Å². The van der Waals surface area contributed by atoms with Gasteiger partial charge in [0.25, 0.3) is 0 Å². The Bertz CT molecular complexity index is 1310. The smallest absolute Gasteiger partial charge is 0.320 e. The molecule has 3 N–H and O–H groups in total. The molecule has 5 rings (SSSR count). The van der Waals surface area contributed by atoms with Crippen LogP contribution in [0.4, 0.5) is 0 Å². The fraction of sp³-hybridized carbons (Fsp3) is 0.100. The number of aliphatic carboxylic acids is 1. The maximum atomic E-state index is 11.6. The number of rotatable bonds is 7. The predicted molar refractivity (Wildman–Crippen MR) is 136 cm³/mol. The molecule has 4 nitrogen and oxygen atoms in total. The first-order valence-corrected chi connectivity index (χ1v) is 11.4. The van der Waals surface area contributed by atoms with Gasteiger partial charge in [0.05, 0.1) is 0 Å². The summed E-state index contributed by atoms with van der Waals surface area (Å²) in [6, 6.07) is 38.5. The number of carboxylic acids is 1. The molecule has 0 unspecified atom stereocenters. The van der Waals surface area contributed by atoms with Crippen LogP contribution in [0.15, 0.2) is 121 Å². The lowest BCUT2D eigenvalue weighted by Crippen LogP contribution is -2.37. The summed E-state index contributed by atoms with van der Waals surface area (Å²) >= 11 is 0. The number of aromatic nitrogens is 1. The van der Waals surface area contributed by atoms with Gasteiger partial charge < -0.3 is 15.4 Å². The van der Waals surface area contributed by atoms with E-state index in [4.69, 9.17) is 5.73 Å². The number of carboxylic acid groups (broad SMARTS) is 1. The van der Waals surface area contributed by atoms with E-state index in [1.54, 1.807) is 0 Å². The van der Waals surface area contributed by atoms with Crippen LogP contribution in [0.25, 0.3) is 10.9 Å². The van der Waals surface area contributed by atoms with Crippen molar-refractivity contribution < 1.29 is 9.90 Å². The topological polar surface area (TPSA) is 68.2 Å². The average Bonchev–Trinajstić information content (AvgIpc) is 3.25. The minimum Gasteiger partial charge on any atom is -0.480 e. The van der Waals surface area contributed by atoms with Crippen LogP contribution in [0.3, 0.4) is 0 Å². The minimum absolute atomic E-state index is 0.247. The second kappa shape index (κ2) is 9.00. The SMILES string of the molecule is N[C@@H](Cc1cn(C(c2ccccc2)(c2ccccc2)c2ccccc2)c2ccccc12)C(=O)O. The van der Waals surface area contributed by atoms with Gasteiger partial charge in [0.2, 0.25) is 0 Å². The Morgan fingerprint density at radius 2 is 1.18 bits per heavy atom. The third kappa shape index (κ3) is 3.58. The monoisotopic (exact) mass is 446 g/mol. The number of fused-ring (bicyclic) bond motifs is 1. The van der Waals surface area contributed by atoms with Crippen molar-refractivity contribution in [3.8, 4) is 0 Å². The van der Waals surface area contributed by atoms with Crippen LogP contribution < -0.4 is 5.73 Å². The Hall–Kier alpha value is -4.15. The molecule has 0 aliphatic heterocycles. The first-order chi connectivity index (χ1) is 16.6. The molecule has 34 heavy (non-hydrogen) atoms. The van der Waals surface area contributed by atoms with Crippen molar-refractivity contribution >= 4 is 16.9 Å². The van der Waals surface area contributed by atoms with Crippen molar-refractivity contribution in [3.05, 3.63) is 144 Å². The van der Waals surface area contributed by atoms with Gasteiger partial charge in [-0.25, -0.2) is 0 Å².